The van der Waals surface area contributed by atoms with Crippen LogP contribution in [-0.4, -0.2) is 63.6 Å². The summed E-state index contributed by atoms with van der Waals surface area (Å²) in [7, 11) is 5.53. The van der Waals surface area contributed by atoms with E-state index in [1.54, 1.807) is 19.0 Å². The molecule has 6 nitrogen and oxygen atoms in total. The number of anilines is 1. The molecule has 1 aromatic carbocycles. The molecule has 0 radical (unpaired) electrons. The predicted octanol–water partition coefficient (Wildman–Crippen LogP) is 1.15. The maximum absolute atomic E-state index is 11.6. The van der Waals surface area contributed by atoms with Gasteiger partial charge in [0.15, 0.2) is 5.96 Å². The largest absolute Gasteiger partial charge is 0.370 e. The Kier molecular flexibility index (Phi) is 7.94. The minimum atomic E-state index is -0.0170. The lowest BCUT2D eigenvalue weighted by molar-refractivity contribution is -0.127. The van der Waals surface area contributed by atoms with Crippen molar-refractivity contribution in [2.75, 3.05) is 45.7 Å². The Morgan fingerprint density at radius 3 is 2.39 bits per heavy atom. The van der Waals surface area contributed by atoms with Gasteiger partial charge in [-0.05, 0) is 26.0 Å². The van der Waals surface area contributed by atoms with Crippen LogP contribution in [0.3, 0.4) is 0 Å². The minimum Gasteiger partial charge on any atom is -0.370 e. The summed E-state index contributed by atoms with van der Waals surface area (Å²) in [4.78, 5) is 19.7. The van der Waals surface area contributed by atoms with E-state index < -0.39 is 0 Å². The highest BCUT2D eigenvalue weighted by molar-refractivity contribution is 5.84. The van der Waals surface area contributed by atoms with Crippen LogP contribution < -0.4 is 15.5 Å². The van der Waals surface area contributed by atoms with Crippen molar-refractivity contribution >= 4 is 17.6 Å². The van der Waals surface area contributed by atoms with Gasteiger partial charge < -0.3 is 20.4 Å². The number of aliphatic imine (C=N–C) groups is 1. The molecule has 0 heterocycles. The Balaban J connectivity index is 2.57. The van der Waals surface area contributed by atoms with Gasteiger partial charge in [0, 0.05) is 46.0 Å². The van der Waals surface area contributed by atoms with Crippen molar-refractivity contribution in [2.24, 2.45) is 4.99 Å². The van der Waals surface area contributed by atoms with Gasteiger partial charge >= 0.3 is 0 Å². The van der Waals surface area contributed by atoms with E-state index in [0.29, 0.717) is 5.96 Å². The fourth-order valence-electron chi connectivity index (χ4n) is 1.93. The molecule has 0 aliphatic carbocycles. The second kappa shape index (κ2) is 9.71. The first-order chi connectivity index (χ1) is 11.0. The summed E-state index contributed by atoms with van der Waals surface area (Å²) in [6.07, 6.45) is 0. The number of hydrogen-bond acceptors (Lipinski definition) is 3. The number of guanidine groups is 1. The third kappa shape index (κ3) is 6.59. The van der Waals surface area contributed by atoms with E-state index in [1.807, 2.05) is 25.1 Å². The normalized spacial score (nSPS) is 12.5. The van der Waals surface area contributed by atoms with Crippen LogP contribution >= 0.6 is 0 Å². The number of hydrogen-bond donors (Lipinski definition) is 2. The number of carbonyl (C=O) groups excluding carboxylic acids is 1. The van der Waals surface area contributed by atoms with Gasteiger partial charge in [0.25, 0.3) is 0 Å². The second-order valence-corrected chi connectivity index (χ2v) is 5.66. The van der Waals surface area contributed by atoms with Crippen molar-refractivity contribution in [1.82, 2.24) is 15.5 Å². The SMILES string of the molecule is CCNC(=NCC(=O)N(C)C)NCC(C)N(C)c1ccccc1. The zero-order valence-electron chi connectivity index (χ0n) is 14.8. The molecule has 1 rings (SSSR count). The first-order valence-electron chi connectivity index (χ1n) is 7.96. The molecule has 0 fully saturated rings. The van der Waals surface area contributed by atoms with Crippen molar-refractivity contribution in [3.63, 3.8) is 0 Å². The summed E-state index contributed by atoms with van der Waals surface area (Å²) in [5.41, 5.74) is 1.17. The van der Waals surface area contributed by atoms with E-state index in [-0.39, 0.29) is 18.5 Å². The molecule has 1 amide bonds. The Bertz CT molecular complexity index is 501. The molecule has 0 saturated heterocycles. The third-order valence-electron chi connectivity index (χ3n) is 3.60. The first kappa shape index (κ1) is 18.8. The maximum Gasteiger partial charge on any atom is 0.243 e. The molecule has 0 aromatic heterocycles. The zero-order chi connectivity index (χ0) is 17.2. The average molecular weight is 319 g/mol. The number of rotatable bonds is 7. The highest BCUT2D eigenvalue weighted by Gasteiger charge is 2.11. The molecular formula is C17H29N5O. The Morgan fingerprint density at radius 1 is 1.17 bits per heavy atom. The lowest BCUT2D eigenvalue weighted by Gasteiger charge is -2.27. The van der Waals surface area contributed by atoms with Crippen LogP contribution in [0, 0.1) is 0 Å². The number of para-hydroxylation sites is 1. The molecular weight excluding hydrogens is 290 g/mol. The van der Waals surface area contributed by atoms with Crippen molar-refractivity contribution in [3.8, 4) is 0 Å². The number of amides is 1. The monoisotopic (exact) mass is 319 g/mol. The fourth-order valence-corrected chi connectivity index (χ4v) is 1.93. The summed E-state index contributed by atoms with van der Waals surface area (Å²) in [5, 5.41) is 6.45. The highest BCUT2D eigenvalue weighted by atomic mass is 16.2. The summed E-state index contributed by atoms with van der Waals surface area (Å²) >= 11 is 0. The quantitative estimate of drug-likeness (QED) is 0.585. The summed E-state index contributed by atoms with van der Waals surface area (Å²) in [6, 6.07) is 10.5. The van der Waals surface area contributed by atoms with E-state index in [2.05, 4.69) is 46.6 Å². The van der Waals surface area contributed by atoms with Crippen LogP contribution in [-0.2, 0) is 4.79 Å². The van der Waals surface area contributed by atoms with E-state index in [9.17, 15) is 4.79 Å². The van der Waals surface area contributed by atoms with Crippen LogP contribution in [0.25, 0.3) is 0 Å². The fraction of sp³-hybridized carbons (Fsp3) is 0.529. The van der Waals surface area contributed by atoms with Gasteiger partial charge in [-0.3, -0.25) is 4.79 Å². The third-order valence-corrected chi connectivity index (χ3v) is 3.60. The molecule has 128 valence electrons. The molecule has 1 aromatic rings. The van der Waals surface area contributed by atoms with Crippen LogP contribution in [0.5, 0.6) is 0 Å². The van der Waals surface area contributed by atoms with Gasteiger partial charge in [0.2, 0.25) is 5.91 Å². The minimum absolute atomic E-state index is 0.0170. The number of benzene rings is 1. The van der Waals surface area contributed by atoms with E-state index in [0.717, 1.165) is 13.1 Å². The number of nitrogens with zero attached hydrogens (tertiary/aromatic N) is 3. The van der Waals surface area contributed by atoms with Gasteiger partial charge in [-0.1, -0.05) is 18.2 Å². The number of likely N-dealkylation sites (N-methyl/N-ethyl adjacent to an activating group) is 2. The van der Waals surface area contributed by atoms with E-state index in [1.165, 1.54) is 5.69 Å². The zero-order valence-corrected chi connectivity index (χ0v) is 14.8. The Hall–Kier alpha value is -2.24. The molecule has 2 N–H and O–H groups in total. The maximum atomic E-state index is 11.6. The number of nitrogens with one attached hydrogen (secondary N) is 2. The summed E-state index contributed by atoms with van der Waals surface area (Å²) < 4.78 is 0. The van der Waals surface area contributed by atoms with Crippen molar-refractivity contribution in [1.29, 1.82) is 0 Å². The van der Waals surface area contributed by atoms with Crippen molar-refractivity contribution < 1.29 is 4.79 Å². The molecule has 0 bridgehead atoms. The van der Waals surface area contributed by atoms with Gasteiger partial charge in [-0.25, -0.2) is 4.99 Å². The first-order valence-corrected chi connectivity index (χ1v) is 7.96. The smallest absolute Gasteiger partial charge is 0.243 e. The van der Waals surface area contributed by atoms with E-state index in [4.69, 9.17) is 0 Å². The summed E-state index contributed by atoms with van der Waals surface area (Å²) in [6.45, 7) is 5.78. The van der Waals surface area contributed by atoms with Crippen LogP contribution in [0.2, 0.25) is 0 Å². The van der Waals surface area contributed by atoms with Gasteiger partial charge in [-0.2, -0.15) is 0 Å². The van der Waals surface area contributed by atoms with E-state index >= 15 is 0 Å². The highest BCUT2D eigenvalue weighted by Crippen LogP contribution is 2.13. The molecule has 1 unspecified atom stereocenters. The topological polar surface area (TPSA) is 60.0 Å². The van der Waals surface area contributed by atoms with Gasteiger partial charge in [-0.15, -0.1) is 0 Å². The average Bonchev–Trinajstić information content (AvgIpc) is 2.56. The van der Waals surface area contributed by atoms with Crippen LogP contribution in [0.1, 0.15) is 13.8 Å². The number of carbonyl (C=O) groups is 1. The Labute approximate surface area is 139 Å². The summed E-state index contributed by atoms with van der Waals surface area (Å²) in [5.74, 6) is 0.646. The molecule has 0 aliphatic rings. The Morgan fingerprint density at radius 2 is 1.83 bits per heavy atom. The molecule has 0 saturated carbocycles. The molecule has 23 heavy (non-hydrogen) atoms. The lowest BCUT2D eigenvalue weighted by Crippen LogP contribution is -2.45. The van der Waals surface area contributed by atoms with Gasteiger partial charge in [0.1, 0.15) is 6.54 Å². The van der Waals surface area contributed by atoms with Crippen molar-refractivity contribution in [3.05, 3.63) is 30.3 Å². The predicted molar refractivity (Wildman–Crippen MR) is 97.0 cm³/mol. The van der Waals surface area contributed by atoms with Crippen LogP contribution in [0.15, 0.2) is 35.3 Å². The second-order valence-electron chi connectivity index (χ2n) is 5.66. The lowest BCUT2D eigenvalue weighted by atomic mass is 10.2. The molecule has 1 atom stereocenters. The van der Waals surface area contributed by atoms with Crippen LogP contribution in [0.4, 0.5) is 5.69 Å². The molecule has 0 aliphatic heterocycles. The standard InChI is InChI=1S/C17H29N5O/c1-6-18-17(20-13-16(23)21(3)4)19-12-14(2)22(5)15-10-8-7-9-11-15/h7-11,14H,6,12-13H2,1-5H3,(H2,18,19,20). The van der Waals surface area contributed by atoms with Gasteiger partial charge in [0.05, 0.1) is 0 Å². The molecule has 6 heteroatoms. The molecule has 0 spiro atoms. The van der Waals surface area contributed by atoms with Crippen molar-refractivity contribution in [2.45, 2.75) is 19.9 Å².